The molecular formula is C5H10BNO3. The Morgan fingerprint density at radius 2 is 2.20 bits per heavy atom. The average Bonchev–Trinajstić information content (AvgIpc) is 2.17. The molecule has 4 nitrogen and oxygen atoms in total. The Morgan fingerprint density at radius 1 is 1.60 bits per heavy atom. The third-order valence-electron chi connectivity index (χ3n) is 1.67. The van der Waals surface area contributed by atoms with Crippen molar-refractivity contribution in [2.45, 2.75) is 24.3 Å². The summed E-state index contributed by atoms with van der Waals surface area (Å²) in [5, 5.41) is 17.7. The zero-order valence-corrected chi connectivity index (χ0v) is 5.47. The first-order valence-corrected chi connectivity index (χ1v) is 3.12. The molecule has 1 saturated heterocycles. The summed E-state index contributed by atoms with van der Waals surface area (Å²) >= 11 is 0. The summed E-state index contributed by atoms with van der Waals surface area (Å²) in [6.07, 6.45) is -1.39. The van der Waals surface area contributed by atoms with Crippen LogP contribution in [0.1, 0.15) is 0 Å². The van der Waals surface area contributed by atoms with Crippen LogP contribution >= 0.6 is 0 Å². The Balaban J connectivity index is 2.53. The van der Waals surface area contributed by atoms with Gasteiger partial charge in [0.2, 0.25) is 0 Å². The number of hydrogen-bond donors (Lipinski definition) is 3. The Hall–Kier alpha value is -0.0951. The van der Waals surface area contributed by atoms with E-state index in [2.05, 4.69) is 0 Å². The highest BCUT2D eigenvalue weighted by atomic mass is 16.5. The normalized spacial score (nSPS) is 47.9. The maximum atomic E-state index is 9.08. The second kappa shape index (κ2) is 2.88. The van der Waals surface area contributed by atoms with Crippen LogP contribution in [0.5, 0.6) is 0 Å². The van der Waals surface area contributed by atoms with E-state index in [1.807, 2.05) is 0 Å². The first-order chi connectivity index (χ1) is 4.66. The van der Waals surface area contributed by atoms with Crippen molar-refractivity contribution in [2.24, 2.45) is 5.73 Å². The second-order valence-corrected chi connectivity index (χ2v) is 2.39. The fraction of sp³-hybridized carbons (Fsp3) is 1.00. The standard InChI is InChI=1S/C5H10BNO3/c6-5-4(9)3(7)2(1-8)10-5/h2-5,8-9H,1,7H2/t2-,3?,4+,5-/m1/s1. The van der Waals surface area contributed by atoms with Gasteiger partial charge in [-0.2, -0.15) is 0 Å². The van der Waals surface area contributed by atoms with E-state index in [0.717, 1.165) is 0 Å². The highest BCUT2D eigenvalue weighted by Gasteiger charge is 2.37. The Bertz CT molecular complexity index is 123. The molecule has 0 amide bonds. The maximum Gasteiger partial charge on any atom is 0.112 e. The molecule has 4 atom stereocenters. The van der Waals surface area contributed by atoms with Gasteiger partial charge in [-0.3, -0.25) is 0 Å². The Labute approximate surface area is 60.4 Å². The fourth-order valence-electron chi connectivity index (χ4n) is 0.977. The molecule has 4 N–H and O–H groups in total. The van der Waals surface area contributed by atoms with E-state index in [9.17, 15) is 0 Å². The van der Waals surface area contributed by atoms with Gasteiger partial charge in [0.15, 0.2) is 0 Å². The highest BCUT2D eigenvalue weighted by Crippen LogP contribution is 2.16. The first-order valence-electron chi connectivity index (χ1n) is 3.12. The quantitative estimate of drug-likeness (QED) is 0.356. The summed E-state index contributed by atoms with van der Waals surface area (Å²) in [5.74, 6) is 0. The molecule has 0 saturated carbocycles. The van der Waals surface area contributed by atoms with Crippen molar-refractivity contribution in [3.05, 3.63) is 0 Å². The molecular weight excluding hydrogens is 133 g/mol. The van der Waals surface area contributed by atoms with Gasteiger partial charge < -0.3 is 20.7 Å². The van der Waals surface area contributed by atoms with E-state index in [1.54, 1.807) is 0 Å². The number of hydrogen-bond acceptors (Lipinski definition) is 4. The molecule has 1 rings (SSSR count). The van der Waals surface area contributed by atoms with Crippen LogP contribution in [0.25, 0.3) is 0 Å². The molecule has 1 fully saturated rings. The van der Waals surface area contributed by atoms with Crippen molar-refractivity contribution in [1.29, 1.82) is 0 Å². The number of ether oxygens (including phenoxy) is 1. The molecule has 0 aliphatic carbocycles. The molecule has 1 aliphatic rings. The minimum Gasteiger partial charge on any atom is -0.394 e. The summed E-state index contributed by atoms with van der Waals surface area (Å²) in [4.78, 5) is 0. The first kappa shape index (κ1) is 8.01. The number of aliphatic hydroxyl groups excluding tert-OH is 2. The van der Waals surface area contributed by atoms with Gasteiger partial charge in [0, 0.05) is 6.00 Å². The van der Waals surface area contributed by atoms with Crippen LogP contribution in [0.15, 0.2) is 0 Å². The van der Waals surface area contributed by atoms with Crippen LogP contribution in [0.3, 0.4) is 0 Å². The number of rotatable bonds is 1. The zero-order valence-electron chi connectivity index (χ0n) is 5.47. The van der Waals surface area contributed by atoms with Gasteiger partial charge >= 0.3 is 0 Å². The number of nitrogens with two attached hydrogens (primary N) is 1. The summed E-state index contributed by atoms with van der Waals surface area (Å²) in [6, 6.07) is -1.33. The van der Waals surface area contributed by atoms with E-state index in [4.69, 9.17) is 28.5 Å². The van der Waals surface area contributed by atoms with Gasteiger partial charge in [-0.15, -0.1) is 0 Å². The van der Waals surface area contributed by atoms with Crippen molar-refractivity contribution in [3.8, 4) is 0 Å². The van der Waals surface area contributed by atoms with E-state index < -0.39 is 24.3 Å². The van der Waals surface area contributed by atoms with E-state index in [0.29, 0.717) is 0 Å². The van der Waals surface area contributed by atoms with Crippen LogP contribution in [0.2, 0.25) is 0 Å². The number of aliphatic hydroxyl groups is 2. The smallest absolute Gasteiger partial charge is 0.112 e. The summed E-state index contributed by atoms with van der Waals surface area (Å²) < 4.78 is 4.89. The summed E-state index contributed by atoms with van der Waals surface area (Å²) in [5.41, 5.74) is 5.41. The van der Waals surface area contributed by atoms with Crippen molar-refractivity contribution in [1.82, 2.24) is 0 Å². The Morgan fingerprint density at radius 3 is 2.40 bits per heavy atom. The van der Waals surface area contributed by atoms with Gasteiger partial charge in [0.25, 0.3) is 0 Å². The van der Waals surface area contributed by atoms with Gasteiger partial charge in [-0.1, -0.05) is 0 Å². The summed E-state index contributed by atoms with van der Waals surface area (Å²) in [7, 11) is 5.27. The minimum atomic E-state index is -0.864. The second-order valence-electron chi connectivity index (χ2n) is 2.39. The molecule has 2 radical (unpaired) electrons. The predicted molar refractivity (Wildman–Crippen MR) is 35.5 cm³/mol. The third kappa shape index (κ3) is 1.18. The van der Waals surface area contributed by atoms with Crippen molar-refractivity contribution in [2.75, 3.05) is 6.61 Å². The zero-order chi connectivity index (χ0) is 7.72. The lowest BCUT2D eigenvalue weighted by Crippen LogP contribution is -2.41. The van der Waals surface area contributed by atoms with E-state index >= 15 is 0 Å². The molecule has 1 aliphatic heterocycles. The Kier molecular flexibility index (Phi) is 2.30. The molecule has 56 valence electrons. The third-order valence-corrected chi connectivity index (χ3v) is 1.67. The van der Waals surface area contributed by atoms with Crippen molar-refractivity contribution >= 4 is 7.85 Å². The highest BCUT2D eigenvalue weighted by molar-refractivity contribution is 6.11. The lowest BCUT2D eigenvalue weighted by Gasteiger charge is -2.11. The van der Waals surface area contributed by atoms with Crippen molar-refractivity contribution < 1.29 is 14.9 Å². The van der Waals surface area contributed by atoms with Crippen molar-refractivity contribution in [3.63, 3.8) is 0 Å². The van der Waals surface area contributed by atoms with Crippen LogP contribution in [-0.4, -0.2) is 48.9 Å². The predicted octanol–water partition coefficient (Wildman–Crippen LogP) is -2.44. The molecule has 0 spiro atoms. The summed E-state index contributed by atoms with van der Waals surface area (Å²) in [6.45, 7) is -0.202. The molecule has 1 unspecified atom stereocenters. The van der Waals surface area contributed by atoms with Crippen LogP contribution in [0, 0.1) is 0 Å². The van der Waals surface area contributed by atoms with E-state index in [-0.39, 0.29) is 6.61 Å². The van der Waals surface area contributed by atoms with Crippen LogP contribution < -0.4 is 5.73 Å². The molecule has 0 aromatic heterocycles. The van der Waals surface area contributed by atoms with Gasteiger partial charge in [-0.25, -0.2) is 0 Å². The lowest BCUT2D eigenvalue weighted by molar-refractivity contribution is 0.0290. The van der Waals surface area contributed by atoms with Crippen LogP contribution in [-0.2, 0) is 4.74 Å². The lowest BCUT2D eigenvalue weighted by atomic mass is 9.92. The van der Waals surface area contributed by atoms with Gasteiger partial charge in [0.1, 0.15) is 7.85 Å². The monoisotopic (exact) mass is 143 g/mol. The average molecular weight is 143 g/mol. The molecule has 5 heteroatoms. The van der Waals surface area contributed by atoms with Gasteiger partial charge in [0.05, 0.1) is 24.9 Å². The largest absolute Gasteiger partial charge is 0.394 e. The van der Waals surface area contributed by atoms with E-state index in [1.165, 1.54) is 0 Å². The minimum absolute atomic E-state index is 0.202. The maximum absolute atomic E-state index is 9.08. The van der Waals surface area contributed by atoms with Crippen LogP contribution in [0.4, 0.5) is 0 Å². The van der Waals surface area contributed by atoms with Gasteiger partial charge in [-0.05, 0) is 0 Å². The molecule has 0 bridgehead atoms. The molecule has 0 aromatic carbocycles. The topological polar surface area (TPSA) is 75.7 Å². The molecule has 0 aromatic rings. The molecule has 10 heavy (non-hydrogen) atoms. The fourth-order valence-corrected chi connectivity index (χ4v) is 0.977. The molecule has 1 heterocycles. The SMILES string of the molecule is [B][C@@H]1O[C@H](CO)C(N)[C@@H]1O.